The van der Waals surface area contributed by atoms with Crippen molar-refractivity contribution in [3.8, 4) is 0 Å². The van der Waals surface area contributed by atoms with E-state index in [9.17, 15) is 4.79 Å². The Morgan fingerprint density at radius 1 is 1.23 bits per heavy atom. The molecule has 2 atom stereocenters. The standard InChI is InChI=1S/C18H21NOS2/c1-11(18(21-3)22-4)17(20)14-10-13(14)16-9-12-7-5-6-8-15(12)19(16)2/h5-9,13-14H,10H2,1-4H3. The molecular formula is C18H21NOS2. The van der Waals surface area contributed by atoms with E-state index in [-0.39, 0.29) is 5.92 Å². The van der Waals surface area contributed by atoms with Gasteiger partial charge in [-0.25, -0.2) is 0 Å². The lowest BCUT2D eigenvalue weighted by atomic mass is 10.1. The summed E-state index contributed by atoms with van der Waals surface area (Å²) in [4.78, 5) is 12.7. The number of hydrogen-bond donors (Lipinski definition) is 0. The molecule has 1 saturated carbocycles. The van der Waals surface area contributed by atoms with Crippen LogP contribution in [-0.2, 0) is 11.8 Å². The van der Waals surface area contributed by atoms with Crippen LogP contribution >= 0.6 is 23.5 Å². The second kappa shape index (κ2) is 6.17. The van der Waals surface area contributed by atoms with E-state index in [0.29, 0.717) is 11.7 Å². The molecule has 0 amide bonds. The van der Waals surface area contributed by atoms with E-state index < -0.39 is 0 Å². The lowest BCUT2D eigenvalue weighted by Gasteiger charge is -2.07. The summed E-state index contributed by atoms with van der Waals surface area (Å²) in [7, 11) is 2.11. The van der Waals surface area contributed by atoms with Crippen molar-refractivity contribution < 1.29 is 4.79 Å². The molecule has 1 aliphatic rings. The van der Waals surface area contributed by atoms with Crippen molar-refractivity contribution in [2.75, 3.05) is 12.5 Å². The quantitative estimate of drug-likeness (QED) is 0.734. The maximum Gasteiger partial charge on any atom is 0.163 e. The second-order valence-electron chi connectivity index (χ2n) is 5.82. The Morgan fingerprint density at radius 2 is 1.91 bits per heavy atom. The highest BCUT2D eigenvalue weighted by atomic mass is 32.2. The van der Waals surface area contributed by atoms with E-state index in [4.69, 9.17) is 0 Å². The molecule has 0 aliphatic heterocycles. The zero-order valence-corrected chi connectivity index (χ0v) is 15.1. The summed E-state index contributed by atoms with van der Waals surface area (Å²) in [5.74, 6) is 0.871. The van der Waals surface area contributed by atoms with Crippen molar-refractivity contribution in [3.63, 3.8) is 0 Å². The average Bonchev–Trinajstić information content (AvgIpc) is 3.26. The number of carbonyl (C=O) groups excluding carboxylic acids is 1. The summed E-state index contributed by atoms with van der Waals surface area (Å²) < 4.78 is 3.39. The van der Waals surface area contributed by atoms with Crippen LogP contribution in [0.25, 0.3) is 10.9 Å². The highest BCUT2D eigenvalue weighted by Gasteiger charge is 2.45. The Labute approximate surface area is 140 Å². The molecule has 2 aromatic rings. The monoisotopic (exact) mass is 331 g/mol. The molecule has 0 N–H and O–H groups in total. The maximum absolute atomic E-state index is 12.7. The zero-order chi connectivity index (χ0) is 15.9. The number of allylic oxidation sites excluding steroid dienone is 1. The van der Waals surface area contributed by atoms with Gasteiger partial charge in [-0.2, -0.15) is 0 Å². The number of Topliss-reactive ketones (excluding diaryl/α,β-unsaturated/α-hetero) is 1. The van der Waals surface area contributed by atoms with Gasteiger partial charge in [0.05, 0.1) is 0 Å². The van der Waals surface area contributed by atoms with Gasteiger partial charge in [0.1, 0.15) is 0 Å². The normalized spacial score (nSPS) is 20.2. The van der Waals surface area contributed by atoms with E-state index in [2.05, 4.69) is 41.9 Å². The third kappa shape index (κ3) is 2.63. The Kier molecular flexibility index (Phi) is 4.42. The first-order valence-corrected chi connectivity index (χ1v) is 9.90. The number of benzene rings is 1. The van der Waals surface area contributed by atoms with Crippen LogP contribution in [-0.4, -0.2) is 22.9 Å². The number of rotatable bonds is 5. The predicted octanol–water partition coefficient (Wildman–Crippen LogP) is 4.81. The number of nitrogens with zero attached hydrogens (tertiary/aromatic N) is 1. The van der Waals surface area contributed by atoms with Gasteiger partial charge in [-0.1, -0.05) is 18.2 Å². The molecule has 1 aliphatic carbocycles. The molecule has 1 aromatic carbocycles. The van der Waals surface area contributed by atoms with Crippen molar-refractivity contribution in [3.05, 3.63) is 45.8 Å². The molecule has 4 heteroatoms. The molecule has 1 heterocycles. The molecule has 3 rings (SSSR count). The Bertz CT molecular complexity index is 754. The van der Waals surface area contributed by atoms with E-state index in [1.165, 1.54) is 16.6 Å². The molecule has 0 saturated heterocycles. The van der Waals surface area contributed by atoms with Gasteiger partial charge in [-0.15, -0.1) is 23.5 Å². The Morgan fingerprint density at radius 3 is 2.55 bits per heavy atom. The number of fused-ring (bicyclic) bond motifs is 1. The summed E-state index contributed by atoms with van der Waals surface area (Å²) in [6.07, 6.45) is 5.06. The fourth-order valence-corrected chi connectivity index (χ4v) is 4.73. The van der Waals surface area contributed by atoms with Gasteiger partial charge in [0.2, 0.25) is 0 Å². The lowest BCUT2D eigenvalue weighted by molar-refractivity contribution is -0.116. The molecule has 0 radical (unpaired) electrons. The van der Waals surface area contributed by atoms with Crippen LogP contribution in [0.1, 0.15) is 25.0 Å². The molecule has 0 bridgehead atoms. The fraction of sp³-hybridized carbons (Fsp3) is 0.389. The van der Waals surface area contributed by atoms with E-state index >= 15 is 0 Å². The highest BCUT2D eigenvalue weighted by Crippen LogP contribution is 2.50. The minimum absolute atomic E-state index is 0.164. The largest absolute Gasteiger partial charge is 0.347 e. The molecule has 22 heavy (non-hydrogen) atoms. The van der Waals surface area contributed by atoms with Crippen molar-refractivity contribution >= 4 is 40.2 Å². The van der Waals surface area contributed by atoms with Crippen LogP contribution in [0.4, 0.5) is 0 Å². The number of para-hydroxylation sites is 1. The zero-order valence-electron chi connectivity index (χ0n) is 13.4. The SMILES string of the molecule is CSC(SC)=C(C)C(=O)C1CC1c1cc2ccccc2n1C. The first-order chi connectivity index (χ1) is 10.6. The third-order valence-corrected chi connectivity index (χ3v) is 6.90. The summed E-state index contributed by atoms with van der Waals surface area (Å²) >= 11 is 3.34. The Balaban J connectivity index is 1.86. The molecular weight excluding hydrogens is 310 g/mol. The minimum Gasteiger partial charge on any atom is -0.347 e. The van der Waals surface area contributed by atoms with Crippen LogP contribution in [0.5, 0.6) is 0 Å². The predicted molar refractivity (Wildman–Crippen MR) is 98.5 cm³/mol. The summed E-state index contributed by atoms with van der Waals surface area (Å²) in [5, 5.41) is 1.26. The van der Waals surface area contributed by atoms with Crippen LogP contribution in [0, 0.1) is 5.92 Å². The second-order valence-corrected chi connectivity index (χ2v) is 7.71. The molecule has 1 fully saturated rings. The van der Waals surface area contributed by atoms with Gasteiger partial charge < -0.3 is 4.57 Å². The van der Waals surface area contributed by atoms with Crippen molar-refractivity contribution in [1.29, 1.82) is 0 Å². The van der Waals surface area contributed by atoms with Gasteiger partial charge in [-0.3, -0.25) is 4.79 Å². The van der Waals surface area contributed by atoms with Crippen LogP contribution < -0.4 is 0 Å². The number of ketones is 1. The summed E-state index contributed by atoms with van der Waals surface area (Å²) in [5.41, 5.74) is 3.48. The molecule has 116 valence electrons. The van der Waals surface area contributed by atoms with Crippen molar-refractivity contribution in [2.45, 2.75) is 19.3 Å². The number of aromatic nitrogens is 1. The van der Waals surface area contributed by atoms with Gasteiger partial charge in [0.25, 0.3) is 0 Å². The first-order valence-electron chi connectivity index (χ1n) is 7.46. The third-order valence-electron chi connectivity index (χ3n) is 4.54. The van der Waals surface area contributed by atoms with Gasteiger partial charge in [-0.05, 0) is 43.4 Å². The van der Waals surface area contributed by atoms with Gasteiger partial charge in [0, 0.05) is 39.9 Å². The van der Waals surface area contributed by atoms with Gasteiger partial charge >= 0.3 is 0 Å². The van der Waals surface area contributed by atoms with E-state index in [0.717, 1.165) is 16.2 Å². The average molecular weight is 332 g/mol. The van der Waals surface area contributed by atoms with Crippen LogP contribution in [0.3, 0.4) is 0 Å². The molecule has 1 aromatic heterocycles. The number of hydrogen-bond acceptors (Lipinski definition) is 3. The molecule has 2 unspecified atom stereocenters. The number of carbonyl (C=O) groups is 1. The van der Waals surface area contributed by atoms with Gasteiger partial charge in [0.15, 0.2) is 5.78 Å². The highest BCUT2D eigenvalue weighted by molar-refractivity contribution is 8.21. The van der Waals surface area contributed by atoms with E-state index in [1.807, 2.05) is 19.4 Å². The molecule has 2 nitrogen and oxygen atoms in total. The first kappa shape index (κ1) is 15.8. The topological polar surface area (TPSA) is 22.0 Å². The summed E-state index contributed by atoms with van der Waals surface area (Å²) in [6.45, 7) is 1.97. The minimum atomic E-state index is 0.164. The Hall–Kier alpha value is -1.13. The summed E-state index contributed by atoms with van der Waals surface area (Å²) in [6, 6.07) is 10.7. The van der Waals surface area contributed by atoms with Crippen LogP contribution in [0.2, 0.25) is 0 Å². The number of aryl methyl sites for hydroxylation is 1. The van der Waals surface area contributed by atoms with E-state index in [1.54, 1.807) is 23.5 Å². The fourth-order valence-electron chi connectivity index (χ4n) is 3.25. The lowest BCUT2D eigenvalue weighted by Crippen LogP contribution is -2.06. The smallest absolute Gasteiger partial charge is 0.163 e. The van der Waals surface area contributed by atoms with Crippen LogP contribution in [0.15, 0.2) is 40.1 Å². The maximum atomic E-state index is 12.7. The van der Waals surface area contributed by atoms with Crippen molar-refractivity contribution in [1.82, 2.24) is 4.57 Å². The van der Waals surface area contributed by atoms with Crippen molar-refractivity contribution in [2.24, 2.45) is 13.0 Å². The molecule has 0 spiro atoms. The number of thioether (sulfide) groups is 2.